The maximum absolute atomic E-state index is 12.2. The van der Waals surface area contributed by atoms with Crippen molar-refractivity contribution >= 4 is 23.0 Å². The number of aromatic amines is 1. The summed E-state index contributed by atoms with van der Waals surface area (Å²) in [6.45, 7) is 3.52. The zero-order valence-corrected chi connectivity index (χ0v) is 13.2. The SMILES string of the molecule is COC(=O)[C@H]1CCCN1CCn1c(=O)[nH]c2c(N)nc(C)nc21. The predicted octanol–water partition coefficient (Wildman–Crippen LogP) is -0.352. The van der Waals surface area contributed by atoms with Crippen LogP contribution in [-0.4, -0.2) is 56.6 Å². The number of rotatable bonds is 4. The first-order valence-electron chi connectivity index (χ1n) is 7.55. The molecule has 0 spiro atoms. The first-order chi connectivity index (χ1) is 11.0. The third kappa shape index (κ3) is 2.79. The highest BCUT2D eigenvalue weighted by Gasteiger charge is 2.31. The summed E-state index contributed by atoms with van der Waals surface area (Å²) in [7, 11) is 1.39. The van der Waals surface area contributed by atoms with E-state index in [9.17, 15) is 9.59 Å². The fourth-order valence-corrected chi connectivity index (χ4v) is 3.10. The molecule has 0 amide bonds. The van der Waals surface area contributed by atoms with Gasteiger partial charge in [0.25, 0.3) is 0 Å². The van der Waals surface area contributed by atoms with Gasteiger partial charge in [-0.25, -0.2) is 14.8 Å². The van der Waals surface area contributed by atoms with Gasteiger partial charge in [-0.2, -0.15) is 0 Å². The van der Waals surface area contributed by atoms with Crippen molar-refractivity contribution in [1.29, 1.82) is 0 Å². The maximum atomic E-state index is 12.2. The van der Waals surface area contributed by atoms with Crippen LogP contribution in [0.4, 0.5) is 5.82 Å². The second-order valence-corrected chi connectivity index (χ2v) is 5.65. The quantitative estimate of drug-likeness (QED) is 0.739. The van der Waals surface area contributed by atoms with Crippen LogP contribution < -0.4 is 11.4 Å². The highest BCUT2D eigenvalue weighted by molar-refractivity contribution is 5.81. The normalized spacial score (nSPS) is 18.6. The van der Waals surface area contributed by atoms with Gasteiger partial charge in [-0.15, -0.1) is 0 Å². The van der Waals surface area contributed by atoms with E-state index in [-0.39, 0.29) is 23.5 Å². The average Bonchev–Trinajstić information content (AvgIpc) is 3.09. The Bertz CT molecular complexity index is 796. The van der Waals surface area contributed by atoms with Crippen LogP contribution in [0.2, 0.25) is 0 Å². The molecule has 0 aliphatic carbocycles. The van der Waals surface area contributed by atoms with Crippen molar-refractivity contribution in [2.24, 2.45) is 0 Å². The maximum Gasteiger partial charge on any atom is 0.327 e. The lowest BCUT2D eigenvalue weighted by atomic mass is 10.2. The van der Waals surface area contributed by atoms with E-state index in [1.807, 2.05) is 4.90 Å². The number of likely N-dealkylation sites (tertiary alicyclic amines) is 1. The summed E-state index contributed by atoms with van der Waals surface area (Å²) in [5.41, 5.74) is 6.50. The number of H-pyrrole nitrogens is 1. The lowest BCUT2D eigenvalue weighted by molar-refractivity contribution is -0.145. The molecule has 2 aromatic heterocycles. The topological polar surface area (TPSA) is 119 Å². The third-order valence-electron chi connectivity index (χ3n) is 4.21. The lowest BCUT2D eigenvalue weighted by Crippen LogP contribution is -2.39. The summed E-state index contributed by atoms with van der Waals surface area (Å²) >= 11 is 0. The number of carbonyl (C=O) groups is 1. The minimum atomic E-state index is -0.277. The molecule has 3 rings (SSSR count). The Kier molecular flexibility index (Phi) is 4.03. The molecule has 1 aliphatic rings. The number of nitrogen functional groups attached to an aromatic ring is 1. The number of nitrogens with one attached hydrogen (secondary N) is 1. The van der Waals surface area contributed by atoms with E-state index in [2.05, 4.69) is 15.0 Å². The summed E-state index contributed by atoms with van der Waals surface area (Å²) < 4.78 is 6.37. The van der Waals surface area contributed by atoms with E-state index in [1.54, 1.807) is 6.92 Å². The summed E-state index contributed by atoms with van der Waals surface area (Å²) in [4.78, 5) is 37.0. The number of esters is 1. The Morgan fingerprint density at radius 2 is 2.22 bits per heavy atom. The molecule has 0 saturated carbocycles. The standard InChI is InChI=1S/C14H20N6O3/c1-8-16-11(15)10-12(17-8)20(14(22)18-10)7-6-19-5-3-4-9(19)13(21)23-2/h9H,3-7H2,1-2H3,(H,18,22)(H2,15,16,17)/t9-/m1/s1. The first kappa shape index (κ1) is 15.5. The van der Waals surface area contributed by atoms with E-state index < -0.39 is 0 Å². The van der Waals surface area contributed by atoms with Gasteiger partial charge in [0, 0.05) is 13.1 Å². The molecule has 1 atom stereocenters. The molecule has 3 heterocycles. The zero-order valence-electron chi connectivity index (χ0n) is 13.2. The second-order valence-electron chi connectivity index (χ2n) is 5.65. The Morgan fingerprint density at radius 3 is 2.96 bits per heavy atom. The third-order valence-corrected chi connectivity index (χ3v) is 4.21. The molecular weight excluding hydrogens is 300 g/mol. The number of aryl methyl sites for hydroxylation is 1. The first-order valence-corrected chi connectivity index (χ1v) is 7.55. The largest absolute Gasteiger partial charge is 0.468 e. The summed E-state index contributed by atoms with van der Waals surface area (Å²) in [5.74, 6) is 0.546. The van der Waals surface area contributed by atoms with Crippen LogP contribution in [0.25, 0.3) is 11.2 Å². The number of carbonyl (C=O) groups excluding carboxylic acids is 1. The number of hydrogen-bond acceptors (Lipinski definition) is 7. The molecule has 9 heteroatoms. The Labute approximate surface area is 132 Å². The predicted molar refractivity (Wildman–Crippen MR) is 83.9 cm³/mol. The average molecular weight is 320 g/mol. The number of ether oxygens (including phenoxy) is 1. The monoisotopic (exact) mass is 320 g/mol. The van der Waals surface area contributed by atoms with Gasteiger partial charge in [-0.1, -0.05) is 0 Å². The van der Waals surface area contributed by atoms with Crippen molar-refractivity contribution in [3.8, 4) is 0 Å². The van der Waals surface area contributed by atoms with Crippen LogP contribution in [-0.2, 0) is 16.1 Å². The lowest BCUT2D eigenvalue weighted by Gasteiger charge is -2.22. The number of imidazole rings is 1. The van der Waals surface area contributed by atoms with Crippen LogP contribution >= 0.6 is 0 Å². The molecule has 1 saturated heterocycles. The van der Waals surface area contributed by atoms with Gasteiger partial charge < -0.3 is 15.5 Å². The van der Waals surface area contributed by atoms with E-state index in [4.69, 9.17) is 10.5 Å². The van der Waals surface area contributed by atoms with E-state index in [1.165, 1.54) is 11.7 Å². The van der Waals surface area contributed by atoms with Gasteiger partial charge in [0.15, 0.2) is 11.5 Å². The van der Waals surface area contributed by atoms with Crippen LogP contribution in [0.5, 0.6) is 0 Å². The number of aromatic nitrogens is 4. The van der Waals surface area contributed by atoms with E-state index >= 15 is 0 Å². The molecule has 9 nitrogen and oxygen atoms in total. The van der Waals surface area contributed by atoms with Crippen LogP contribution in [0, 0.1) is 6.92 Å². The van der Waals surface area contributed by atoms with Crippen molar-refractivity contribution in [3.05, 3.63) is 16.3 Å². The summed E-state index contributed by atoms with van der Waals surface area (Å²) in [6.07, 6.45) is 1.72. The Balaban J connectivity index is 1.84. The number of hydrogen-bond donors (Lipinski definition) is 2. The molecule has 124 valence electrons. The molecule has 0 bridgehead atoms. The van der Waals surface area contributed by atoms with Crippen LogP contribution in [0.1, 0.15) is 18.7 Å². The Hall–Kier alpha value is -2.42. The minimum Gasteiger partial charge on any atom is -0.468 e. The fourth-order valence-electron chi connectivity index (χ4n) is 3.10. The molecule has 1 fully saturated rings. The summed E-state index contributed by atoms with van der Waals surface area (Å²) in [6, 6.07) is -0.234. The molecule has 0 unspecified atom stereocenters. The number of methoxy groups -OCH3 is 1. The van der Waals surface area contributed by atoms with Gasteiger partial charge in [0.1, 0.15) is 17.4 Å². The van der Waals surface area contributed by atoms with Crippen LogP contribution in [0.15, 0.2) is 4.79 Å². The van der Waals surface area contributed by atoms with E-state index in [0.717, 1.165) is 19.4 Å². The highest BCUT2D eigenvalue weighted by Crippen LogP contribution is 2.19. The van der Waals surface area contributed by atoms with Crippen LogP contribution in [0.3, 0.4) is 0 Å². The van der Waals surface area contributed by atoms with Crippen molar-refractivity contribution in [1.82, 2.24) is 24.4 Å². The van der Waals surface area contributed by atoms with Gasteiger partial charge >= 0.3 is 11.7 Å². The molecule has 23 heavy (non-hydrogen) atoms. The van der Waals surface area contributed by atoms with Gasteiger partial charge in [-0.3, -0.25) is 14.3 Å². The highest BCUT2D eigenvalue weighted by atomic mass is 16.5. The second kappa shape index (κ2) is 5.99. The molecular formula is C14H20N6O3. The number of fused-ring (bicyclic) bond motifs is 1. The van der Waals surface area contributed by atoms with Crippen molar-refractivity contribution in [3.63, 3.8) is 0 Å². The Morgan fingerprint density at radius 1 is 1.43 bits per heavy atom. The fraction of sp³-hybridized carbons (Fsp3) is 0.571. The number of anilines is 1. The molecule has 3 N–H and O–H groups in total. The van der Waals surface area contributed by atoms with Crippen molar-refractivity contribution in [2.75, 3.05) is 25.9 Å². The van der Waals surface area contributed by atoms with Crippen molar-refractivity contribution < 1.29 is 9.53 Å². The van der Waals surface area contributed by atoms with Gasteiger partial charge in [0.2, 0.25) is 0 Å². The van der Waals surface area contributed by atoms with E-state index in [0.29, 0.717) is 30.1 Å². The van der Waals surface area contributed by atoms with Gasteiger partial charge in [0.05, 0.1) is 7.11 Å². The van der Waals surface area contributed by atoms with Gasteiger partial charge in [-0.05, 0) is 26.3 Å². The molecule has 0 aromatic carbocycles. The minimum absolute atomic E-state index is 0.226. The molecule has 1 aliphatic heterocycles. The molecule has 0 radical (unpaired) electrons. The number of nitrogens with two attached hydrogens (primary N) is 1. The molecule has 2 aromatic rings. The number of nitrogens with zero attached hydrogens (tertiary/aromatic N) is 4. The van der Waals surface area contributed by atoms with Crippen molar-refractivity contribution in [2.45, 2.75) is 32.4 Å². The smallest absolute Gasteiger partial charge is 0.327 e. The zero-order chi connectivity index (χ0) is 16.6. The summed E-state index contributed by atoms with van der Waals surface area (Å²) in [5, 5.41) is 0.